The van der Waals surface area contributed by atoms with Crippen molar-refractivity contribution in [3.05, 3.63) is 58.6 Å². The average Bonchev–Trinajstić information content (AvgIpc) is 2.86. The third-order valence-electron chi connectivity index (χ3n) is 3.97. The van der Waals surface area contributed by atoms with Crippen LogP contribution in [0.3, 0.4) is 0 Å². The Kier molecular flexibility index (Phi) is 5.29. The molecule has 8 heteroatoms. The molecule has 1 amide bonds. The van der Waals surface area contributed by atoms with Gasteiger partial charge >= 0.3 is 0 Å². The molecule has 3 rings (SSSR count). The molecule has 0 atom stereocenters. The largest absolute Gasteiger partial charge is 0.326 e. The van der Waals surface area contributed by atoms with Crippen LogP contribution in [0.15, 0.2) is 52.4 Å². The summed E-state index contributed by atoms with van der Waals surface area (Å²) in [4.78, 5) is 16.6. The van der Waals surface area contributed by atoms with E-state index in [4.69, 9.17) is 11.6 Å². The van der Waals surface area contributed by atoms with E-state index in [1.54, 1.807) is 36.4 Å². The topological polar surface area (TPSA) is 87.6 Å². The van der Waals surface area contributed by atoms with Gasteiger partial charge in [-0.15, -0.1) is 0 Å². The van der Waals surface area contributed by atoms with Crippen LogP contribution in [0.25, 0.3) is 0 Å². The van der Waals surface area contributed by atoms with Crippen molar-refractivity contribution in [2.45, 2.75) is 24.7 Å². The summed E-state index contributed by atoms with van der Waals surface area (Å²) >= 11 is 5.94. The number of amidine groups is 1. The van der Waals surface area contributed by atoms with Gasteiger partial charge in [0.1, 0.15) is 5.84 Å². The first kappa shape index (κ1) is 18.4. The number of rotatable bonds is 5. The molecular weight excluding hydrogens is 374 g/mol. The molecule has 0 spiro atoms. The molecular formula is C18H18ClN3O3S. The molecule has 2 aromatic carbocycles. The van der Waals surface area contributed by atoms with E-state index < -0.39 is 10.0 Å². The van der Waals surface area contributed by atoms with Crippen LogP contribution in [0.4, 0.5) is 5.69 Å². The molecule has 0 fully saturated rings. The molecule has 0 aromatic heterocycles. The lowest BCUT2D eigenvalue weighted by Crippen LogP contribution is -2.22. The summed E-state index contributed by atoms with van der Waals surface area (Å²) in [6.07, 6.45) is 0.774. The standard InChI is InChI=1S/C18H18ClN3O3S/c1-12-8-9-13(19)11-15(12)21-17(23)7-4-10-20-18-14-5-2-3-6-16(14)26(24,25)22-18/h2-3,5-6,8-9,11H,4,7,10H2,1H3,(H,20,22)(H,21,23). The van der Waals surface area contributed by atoms with E-state index in [9.17, 15) is 13.2 Å². The highest BCUT2D eigenvalue weighted by Crippen LogP contribution is 2.22. The van der Waals surface area contributed by atoms with Crippen LogP contribution in [0.2, 0.25) is 5.02 Å². The minimum absolute atomic E-state index is 0.136. The number of fused-ring (bicyclic) bond motifs is 1. The van der Waals surface area contributed by atoms with Crippen molar-refractivity contribution in [1.29, 1.82) is 0 Å². The smallest absolute Gasteiger partial charge is 0.263 e. The number of halogens is 1. The van der Waals surface area contributed by atoms with Crippen molar-refractivity contribution in [3.8, 4) is 0 Å². The van der Waals surface area contributed by atoms with Crippen molar-refractivity contribution in [2.75, 3.05) is 11.9 Å². The zero-order valence-corrected chi connectivity index (χ0v) is 15.7. The van der Waals surface area contributed by atoms with Gasteiger partial charge in [-0.05, 0) is 43.2 Å². The fourth-order valence-electron chi connectivity index (χ4n) is 2.62. The molecule has 0 saturated carbocycles. The zero-order valence-electron chi connectivity index (χ0n) is 14.1. The Labute approximate surface area is 157 Å². The van der Waals surface area contributed by atoms with Crippen molar-refractivity contribution < 1.29 is 13.2 Å². The second-order valence-electron chi connectivity index (χ2n) is 5.94. The summed E-state index contributed by atoms with van der Waals surface area (Å²) in [7, 11) is -3.53. The van der Waals surface area contributed by atoms with E-state index >= 15 is 0 Å². The number of nitrogens with one attached hydrogen (secondary N) is 2. The Balaban J connectivity index is 1.57. The minimum atomic E-state index is -3.53. The van der Waals surface area contributed by atoms with E-state index in [-0.39, 0.29) is 17.2 Å². The van der Waals surface area contributed by atoms with Gasteiger partial charge in [0.15, 0.2) is 0 Å². The van der Waals surface area contributed by atoms with Crippen LogP contribution in [-0.2, 0) is 14.8 Å². The Morgan fingerprint density at radius 2 is 2.00 bits per heavy atom. The Morgan fingerprint density at radius 1 is 1.23 bits per heavy atom. The zero-order chi connectivity index (χ0) is 18.7. The molecule has 1 aliphatic rings. The Hall–Kier alpha value is -2.38. The number of sulfonamides is 1. The van der Waals surface area contributed by atoms with Crippen molar-refractivity contribution in [1.82, 2.24) is 4.72 Å². The minimum Gasteiger partial charge on any atom is -0.326 e. The van der Waals surface area contributed by atoms with E-state index in [0.29, 0.717) is 35.1 Å². The van der Waals surface area contributed by atoms with Gasteiger partial charge in [-0.1, -0.05) is 29.8 Å². The second kappa shape index (κ2) is 7.47. The predicted octanol–water partition coefficient (Wildman–Crippen LogP) is 3.11. The maximum absolute atomic E-state index is 12.1. The first-order chi connectivity index (χ1) is 12.4. The first-order valence-electron chi connectivity index (χ1n) is 8.09. The Morgan fingerprint density at radius 3 is 2.81 bits per heavy atom. The normalized spacial score (nSPS) is 16.2. The lowest BCUT2D eigenvalue weighted by molar-refractivity contribution is -0.116. The quantitative estimate of drug-likeness (QED) is 0.767. The monoisotopic (exact) mass is 391 g/mol. The molecule has 26 heavy (non-hydrogen) atoms. The van der Waals surface area contributed by atoms with Crippen LogP contribution >= 0.6 is 11.6 Å². The van der Waals surface area contributed by atoms with E-state index in [1.807, 2.05) is 13.0 Å². The van der Waals surface area contributed by atoms with Crippen LogP contribution in [0.5, 0.6) is 0 Å². The summed E-state index contributed by atoms with van der Waals surface area (Å²) in [5.74, 6) is 0.190. The van der Waals surface area contributed by atoms with Gasteiger partial charge < -0.3 is 5.32 Å². The second-order valence-corrected chi connectivity index (χ2v) is 8.03. The number of benzene rings is 2. The average molecular weight is 392 g/mol. The van der Waals surface area contributed by atoms with Crippen LogP contribution in [0.1, 0.15) is 24.0 Å². The highest BCUT2D eigenvalue weighted by atomic mass is 35.5. The molecule has 0 unspecified atom stereocenters. The summed E-state index contributed by atoms with van der Waals surface area (Å²) < 4.78 is 26.4. The number of carbonyl (C=O) groups excluding carboxylic acids is 1. The number of hydrogen-bond donors (Lipinski definition) is 2. The van der Waals surface area contributed by atoms with Crippen LogP contribution < -0.4 is 10.0 Å². The number of nitrogens with zero attached hydrogens (tertiary/aromatic N) is 1. The van der Waals surface area contributed by atoms with Gasteiger partial charge in [0.05, 0.1) is 4.90 Å². The van der Waals surface area contributed by atoms with Gasteiger partial charge in [-0.25, -0.2) is 8.42 Å². The lowest BCUT2D eigenvalue weighted by Gasteiger charge is -2.08. The first-order valence-corrected chi connectivity index (χ1v) is 9.95. The molecule has 2 aromatic rings. The number of amides is 1. The molecule has 2 N–H and O–H groups in total. The number of anilines is 1. The lowest BCUT2D eigenvalue weighted by atomic mass is 10.2. The highest BCUT2D eigenvalue weighted by molar-refractivity contribution is 7.90. The molecule has 0 saturated heterocycles. The van der Waals surface area contributed by atoms with E-state index in [0.717, 1.165) is 5.56 Å². The molecule has 0 bridgehead atoms. The van der Waals surface area contributed by atoms with Crippen molar-refractivity contribution in [2.24, 2.45) is 4.99 Å². The maximum Gasteiger partial charge on any atom is 0.263 e. The molecule has 0 radical (unpaired) electrons. The van der Waals surface area contributed by atoms with Crippen LogP contribution in [-0.4, -0.2) is 26.7 Å². The summed E-state index contributed by atoms with van der Waals surface area (Å²) in [6.45, 7) is 2.23. The SMILES string of the molecule is Cc1ccc(Cl)cc1NC(=O)CCCN=C1NS(=O)(=O)c2ccccc21. The summed E-state index contributed by atoms with van der Waals surface area (Å²) in [6, 6.07) is 12.0. The molecule has 6 nitrogen and oxygen atoms in total. The Bertz CT molecular complexity index is 987. The van der Waals surface area contributed by atoms with Gasteiger partial charge in [0, 0.05) is 29.2 Å². The molecule has 0 aliphatic carbocycles. The van der Waals surface area contributed by atoms with Gasteiger partial charge in [0.2, 0.25) is 5.91 Å². The number of carbonyl (C=O) groups is 1. The fourth-order valence-corrected chi connectivity index (χ4v) is 4.05. The number of aryl methyl sites for hydroxylation is 1. The van der Waals surface area contributed by atoms with Crippen LogP contribution in [0, 0.1) is 6.92 Å². The molecule has 136 valence electrons. The van der Waals surface area contributed by atoms with Gasteiger partial charge in [0.25, 0.3) is 10.0 Å². The number of hydrogen-bond acceptors (Lipinski definition) is 4. The van der Waals surface area contributed by atoms with E-state index in [1.165, 1.54) is 0 Å². The predicted molar refractivity (Wildman–Crippen MR) is 102 cm³/mol. The maximum atomic E-state index is 12.1. The molecule has 1 aliphatic heterocycles. The summed E-state index contributed by atoms with van der Waals surface area (Å²) in [5.41, 5.74) is 2.18. The highest BCUT2D eigenvalue weighted by Gasteiger charge is 2.29. The van der Waals surface area contributed by atoms with Crippen molar-refractivity contribution in [3.63, 3.8) is 0 Å². The van der Waals surface area contributed by atoms with Gasteiger partial charge in [-0.3, -0.25) is 14.5 Å². The third-order valence-corrected chi connectivity index (χ3v) is 5.60. The fraction of sp³-hybridized carbons (Fsp3) is 0.222. The summed E-state index contributed by atoms with van der Waals surface area (Å²) in [5, 5.41) is 3.38. The molecule has 1 heterocycles. The third kappa shape index (κ3) is 4.05. The van der Waals surface area contributed by atoms with E-state index in [2.05, 4.69) is 15.0 Å². The van der Waals surface area contributed by atoms with Crippen molar-refractivity contribution >= 4 is 39.1 Å². The number of aliphatic imine (C=N–C) groups is 1. The van der Waals surface area contributed by atoms with Gasteiger partial charge in [-0.2, -0.15) is 0 Å².